The van der Waals surface area contributed by atoms with Gasteiger partial charge in [0.05, 0.1) is 11.6 Å². The van der Waals surface area contributed by atoms with Crippen LogP contribution in [0.25, 0.3) is 0 Å². The molecule has 2 rings (SSSR count). The zero-order valence-electron chi connectivity index (χ0n) is 12.6. The minimum Gasteiger partial charge on any atom is -0.383 e. The summed E-state index contributed by atoms with van der Waals surface area (Å²) in [4.78, 5) is 10.9. The second-order valence-corrected chi connectivity index (χ2v) is 5.00. The van der Waals surface area contributed by atoms with Gasteiger partial charge in [-0.3, -0.25) is 0 Å². The number of nitriles is 1. The average molecular weight is 281 g/mol. The number of anilines is 2. The molecule has 2 aromatic rings. The van der Waals surface area contributed by atoms with Gasteiger partial charge >= 0.3 is 0 Å². The molecule has 0 radical (unpaired) electrons. The number of aryl methyl sites for hydroxylation is 1. The molecule has 0 unspecified atom stereocenters. The summed E-state index contributed by atoms with van der Waals surface area (Å²) < 4.78 is 0. The van der Waals surface area contributed by atoms with Crippen LogP contribution < -0.4 is 10.6 Å². The number of nitrogen functional groups attached to an aromatic ring is 1. The van der Waals surface area contributed by atoms with Gasteiger partial charge in [-0.2, -0.15) is 5.26 Å². The third-order valence-electron chi connectivity index (χ3n) is 3.36. The van der Waals surface area contributed by atoms with Crippen molar-refractivity contribution in [1.82, 2.24) is 9.97 Å². The van der Waals surface area contributed by atoms with Crippen molar-refractivity contribution in [2.24, 2.45) is 0 Å². The second-order valence-electron chi connectivity index (χ2n) is 5.00. The summed E-state index contributed by atoms with van der Waals surface area (Å²) in [5.74, 6) is 2.10. The summed E-state index contributed by atoms with van der Waals surface area (Å²) in [5.41, 5.74) is 8.56. The van der Waals surface area contributed by atoms with E-state index < -0.39 is 0 Å². The van der Waals surface area contributed by atoms with Crippen LogP contribution in [0.2, 0.25) is 0 Å². The highest BCUT2D eigenvalue weighted by molar-refractivity contribution is 5.56. The molecule has 0 amide bonds. The van der Waals surface area contributed by atoms with Crippen LogP contribution >= 0.6 is 0 Å². The van der Waals surface area contributed by atoms with Crippen LogP contribution in [0.1, 0.15) is 29.4 Å². The van der Waals surface area contributed by atoms with Crippen LogP contribution in [0.4, 0.5) is 11.6 Å². The Kier molecular flexibility index (Phi) is 4.39. The lowest BCUT2D eigenvalue weighted by atomic mass is 10.1. The Hall–Kier alpha value is -2.61. The molecule has 0 saturated heterocycles. The van der Waals surface area contributed by atoms with Crippen molar-refractivity contribution in [2.45, 2.75) is 26.8 Å². The molecule has 0 fully saturated rings. The summed E-state index contributed by atoms with van der Waals surface area (Å²) in [6, 6.07) is 9.73. The molecule has 0 aliphatic carbocycles. The number of benzene rings is 1. The zero-order chi connectivity index (χ0) is 15.4. The first kappa shape index (κ1) is 14.8. The molecule has 5 heteroatoms. The molecule has 21 heavy (non-hydrogen) atoms. The first-order valence-electron chi connectivity index (χ1n) is 6.88. The van der Waals surface area contributed by atoms with Crippen molar-refractivity contribution >= 4 is 11.6 Å². The van der Waals surface area contributed by atoms with E-state index in [1.807, 2.05) is 44.0 Å². The van der Waals surface area contributed by atoms with Crippen LogP contribution in [0.3, 0.4) is 0 Å². The lowest BCUT2D eigenvalue weighted by molar-refractivity contribution is 0.852. The Morgan fingerprint density at radius 1 is 1.33 bits per heavy atom. The highest BCUT2D eigenvalue weighted by atomic mass is 15.2. The maximum absolute atomic E-state index is 8.96. The molecule has 0 bridgehead atoms. The van der Waals surface area contributed by atoms with Gasteiger partial charge in [-0.25, -0.2) is 9.97 Å². The highest BCUT2D eigenvalue weighted by Gasteiger charge is 2.12. The average Bonchev–Trinajstić information content (AvgIpc) is 2.49. The molecule has 1 heterocycles. The Labute approximate surface area is 125 Å². The number of hydrogen-bond donors (Lipinski definition) is 1. The van der Waals surface area contributed by atoms with Gasteiger partial charge in [-0.15, -0.1) is 0 Å². The Morgan fingerprint density at radius 2 is 2.10 bits per heavy atom. The molecule has 1 aromatic carbocycles. The lowest BCUT2D eigenvalue weighted by Crippen LogP contribution is -2.21. The molecular formula is C16H19N5. The van der Waals surface area contributed by atoms with Crippen molar-refractivity contribution in [3.8, 4) is 6.07 Å². The molecule has 108 valence electrons. The number of rotatable bonds is 4. The summed E-state index contributed by atoms with van der Waals surface area (Å²) in [6.07, 6.45) is 0.745. The van der Waals surface area contributed by atoms with Crippen LogP contribution in [-0.2, 0) is 13.0 Å². The van der Waals surface area contributed by atoms with Crippen LogP contribution in [0, 0.1) is 18.3 Å². The second kappa shape index (κ2) is 6.23. The molecule has 0 atom stereocenters. The maximum atomic E-state index is 8.96. The molecule has 0 spiro atoms. The fraction of sp³-hybridized carbons (Fsp3) is 0.312. The number of nitrogens with zero attached hydrogens (tertiary/aromatic N) is 4. The fourth-order valence-corrected chi connectivity index (χ4v) is 2.19. The summed E-state index contributed by atoms with van der Waals surface area (Å²) in [5, 5.41) is 8.96. The number of hydrogen-bond acceptors (Lipinski definition) is 5. The van der Waals surface area contributed by atoms with Gasteiger partial charge in [0.1, 0.15) is 17.5 Å². The van der Waals surface area contributed by atoms with Gasteiger partial charge in [0.2, 0.25) is 0 Å². The minimum atomic E-state index is 0.523. The Morgan fingerprint density at radius 3 is 2.76 bits per heavy atom. The van der Waals surface area contributed by atoms with Gasteiger partial charge in [-0.1, -0.05) is 19.1 Å². The normalized spacial score (nSPS) is 10.2. The number of aromatic nitrogens is 2. The quantitative estimate of drug-likeness (QED) is 0.931. The van der Waals surface area contributed by atoms with Crippen molar-refractivity contribution < 1.29 is 0 Å². The summed E-state index contributed by atoms with van der Waals surface area (Å²) in [6.45, 7) is 4.59. The smallest absolute Gasteiger partial charge is 0.137 e. The third-order valence-corrected chi connectivity index (χ3v) is 3.36. The van der Waals surface area contributed by atoms with Gasteiger partial charge in [0.25, 0.3) is 0 Å². The van der Waals surface area contributed by atoms with E-state index in [0.717, 1.165) is 29.2 Å². The molecule has 0 saturated carbocycles. The van der Waals surface area contributed by atoms with E-state index >= 15 is 0 Å². The predicted molar refractivity (Wildman–Crippen MR) is 83.8 cm³/mol. The minimum absolute atomic E-state index is 0.523. The van der Waals surface area contributed by atoms with Crippen molar-refractivity contribution in [2.75, 3.05) is 17.7 Å². The SMILES string of the molecule is CCc1nc(N)c(C)c(N(C)Cc2cccc(C#N)c2)n1. The van der Waals surface area contributed by atoms with E-state index in [0.29, 0.717) is 17.9 Å². The van der Waals surface area contributed by atoms with Gasteiger partial charge in [0.15, 0.2) is 0 Å². The fourth-order valence-electron chi connectivity index (χ4n) is 2.19. The predicted octanol–water partition coefficient (Wildman–Crippen LogP) is 2.44. The van der Waals surface area contributed by atoms with Crippen molar-refractivity contribution in [3.63, 3.8) is 0 Å². The summed E-state index contributed by atoms with van der Waals surface area (Å²) in [7, 11) is 1.97. The van der Waals surface area contributed by atoms with Crippen LogP contribution in [0.5, 0.6) is 0 Å². The standard InChI is InChI=1S/C16H19N5/c1-4-14-19-15(18)11(2)16(20-14)21(3)10-13-7-5-6-12(8-13)9-17/h5-8H,4,10H2,1-3H3,(H2,18,19,20). The first-order chi connectivity index (χ1) is 10.0. The van der Waals surface area contributed by atoms with E-state index in [1.54, 1.807) is 6.07 Å². The van der Waals surface area contributed by atoms with Crippen molar-refractivity contribution in [3.05, 3.63) is 46.8 Å². The van der Waals surface area contributed by atoms with E-state index in [-0.39, 0.29) is 0 Å². The van der Waals surface area contributed by atoms with Crippen LogP contribution in [-0.4, -0.2) is 17.0 Å². The molecule has 2 N–H and O–H groups in total. The molecule has 1 aromatic heterocycles. The lowest BCUT2D eigenvalue weighted by Gasteiger charge is -2.21. The topological polar surface area (TPSA) is 78.8 Å². The molecule has 0 aliphatic heterocycles. The van der Waals surface area contributed by atoms with Crippen LogP contribution in [0.15, 0.2) is 24.3 Å². The Balaban J connectivity index is 2.30. The third kappa shape index (κ3) is 3.29. The largest absolute Gasteiger partial charge is 0.383 e. The molecular weight excluding hydrogens is 262 g/mol. The van der Waals surface area contributed by atoms with Gasteiger partial charge in [0, 0.05) is 25.6 Å². The van der Waals surface area contributed by atoms with Gasteiger partial charge < -0.3 is 10.6 Å². The van der Waals surface area contributed by atoms with E-state index in [4.69, 9.17) is 11.0 Å². The Bertz CT molecular complexity index is 688. The molecule has 0 aliphatic rings. The van der Waals surface area contributed by atoms with E-state index in [1.165, 1.54) is 0 Å². The van der Waals surface area contributed by atoms with Gasteiger partial charge in [-0.05, 0) is 24.6 Å². The molecule has 5 nitrogen and oxygen atoms in total. The van der Waals surface area contributed by atoms with Crippen molar-refractivity contribution in [1.29, 1.82) is 5.26 Å². The monoisotopic (exact) mass is 281 g/mol. The zero-order valence-corrected chi connectivity index (χ0v) is 12.6. The highest BCUT2D eigenvalue weighted by Crippen LogP contribution is 2.22. The van der Waals surface area contributed by atoms with E-state index in [9.17, 15) is 0 Å². The van der Waals surface area contributed by atoms with E-state index in [2.05, 4.69) is 16.0 Å². The summed E-state index contributed by atoms with van der Waals surface area (Å²) >= 11 is 0. The maximum Gasteiger partial charge on any atom is 0.137 e. The number of nitrogens with two attached hydrogens (primary N) is 1. The first-order valence-corrected chi connectivity index (χ1v) is 6.88.